The average Bonchev–Trinajstić information content (AvgIpc) is 2.59. The van der Waals surface area contributed by atoms with E-state index in [9.17, 15) is 9.90 Å². The van der Waals surface area contributed by atoms with E-state index in [1.54, 1.807) is 50.4 Å². The number of rotatable bonds is 5. The Bertz CT molecular complexity index is 724. The molecule has 2 N–H and O–H groups in total. The van der Waals surface area contributed by atoms with Crippen molar-refractivity contribution in [1.82, 2.24) is 5.43 Å². The Kier molecular flexibility index (Phi) is 5.19. The zero-order valence-electron chi connectivity index (χ0n) is 13.2. The van der Waals surface area contributed by atoms with Crippen LogP contribution in [-0.2, 0) is 0 Å². The molecule has 0 atom stereocenters. The topological polar surface area (TPSA) is 80.2 Å². The molecule has 2 rings (SSSR count). The summed E-state index contributed by atoms with van der Waals surface area (Å²) in [5.74, 6) is 0.750. The van der Waals surface area contributed by atoms with Crippen molar-refractivity contribution in [2.75, 3.05) is 14.2 Å². The Morgan fingerprint density at radius 1 is 1.04 bits per heavy atom. The Labute approximate surface area is 134 Å². The van der Waals surface area contributed by atoms with E-state index < -0.39 is 0 Å². The minimum Gasteiger partial charge on any atom is -0.504 e. The standard InChI is InChI=1S/C17H18N2O4/c1-11(13-6-9-15(20)16(10-13)23-3)18-19-17(21)12-4-7-14(22-2)8-5-12/h4-10,20H,1-3H3,(H,19,21). The summed E-state index contributed by atoms with van der Waals surface area (Å²) in [6.45, 7) is 1.75. The van der Waals surface area contributed by atoms with E-state index in [-0.39, 0.29) is 11.7 Å². The van der Waals surface area contributed by atoms with Crippen LogP contribution >= 0.6 is 0 Å². The van der Waals surface area contributed by atoms with Crippen molar-refractivity contribution in [3.63, 3.8) is 0 Å². The summed E-state index contributed by atoms with van der Waals surface area (Å²) in [6.07, 6.45) is 0. The van der Waals surface area contributed by atoms with Crippen molar-refractivity contribution in [1.29, 1.82) is 0 Å². The maximum Gasteiger partial charge on any atom is 0.271 e. The van der Waals surface area contributed by atoms with Gasteiger partial charge in [-0.2, -0.15) is 5.10 Å². The first-order chi connectivity index (χ1) is 11.0. The number of carbonyl (C=O) groups is 1. The zero-order chi connectivity index (χ0) is 16.8. The SMILES string of the molecule is COc1ccc(C(=O)NN=C(C)c2ccc(O)c(OC)c2)cc1. The minimum absolute atomic E-state index is 0.0475. The van der Waals surface area contributed by atoms with Crippen LogP contribution in [0.25, 0.3) is 0 Å². The van der Waals surface area contributed by atoms with Crippen molar-refractivity contribution in [3.8, 4) is 17.2 Å². The van der Waals surface area contributed by atoms with Crippen molar-refractivity contribution < 1.29 is 19.4 Å². The predicted octanol–water partition coefficient (Wildman–Crippen LogP) is 2.56. The molecule has 0 bridgehead atoms. The van der Waals surface area contributed by atoms with Crippen LogP contribution in [0.2, 0.25) is 0 Å². The second-order valence-electron chi connectivity index (χ2n) is 4.75. The lowest BCUT2D eigenvalue weighted by atomic mass is 10.1. The lowest BCUT2D eigenvalue weighted by Crippen LogP contribution is -2.19. The fourth-order valence-corrected chi connectivity index (χ4v) is 1.91. The van der Waals surface area contributed by atoms with Crippen LogP contribution in [0.5, 0.6) is 17.2 Å². The second-order valence-corrected chi connectivity index (χ2v) is 4.75. The van der Waals surface area contributed by atoms with Crippen molar-refractivity contribution in [2.24, 2.45) is 5.10 Å². The molecule has 2 aromatic carbocycles. The third-order valence-electron chi connectivity index (χ3n) is 3.27. The van der Waals surface area contributed by atoms with E-state index in [1.165, 1.54) is 13.2 Å². The first kappa shape index (κ1) is 16.4. The number of methoxy groups -OCH3 is 2. The predicted molar refractivity (Wildman–Crippen MR) is 87.3 cm³/mol. The van der Waals surface area contributed by atoms with Crippen molar-refractivity contribution in [3.05, 3.63) is 53.6 Å². The van der Waals surface area contributed by atoms with Gasteiger partial charge in [0, 0.05) is 11.1 Å². The normalized spacial score (nSPS) is 11.0. The molecule has 0 unspecified atom stereocenters. The number of amides is 1. The molecule has 0 aliphatic carbocycles. The number of hydrogen-bond donors (Lipinski definition) is 2. The summed E-state index contributed by atoms with van der Waals surface area (Å²) in [7, 11) is 3.03. The highest BCUT2D eigenvalue weighted by Crippen LogP contribution is 2.26. The van der Waals surface area contributed by atoms with Gasteiger partial charge < -0.3 is 14.6 Å². The Balaban J connectivity index is 2.10. The molecule has 0 saturated heterocycles. The summed E-state index contributed by atoms with van der Waals surface area (Å²) >= 11 is 0. The summed E-state index contributed by atoms with van der Waals surface area (Å²) in [5, 5.41) is 13.6. The smallest absolute Gasteiger partial charge is 0.271 e. The van der Waals surface area contributed by atoms with Gasteiger partial charge >= 0.3 is 0 Å². The van der Waals surface area contributed by atoms with E-state index in [2.05, 4.69) is 10.5 Å². The Morgan fingerprint density at radius 3 is 2.30 bits per heavy atom. The molecular weight excluding hydrogens is 296 g/mol. The van der Waals surface area contributed by atoms with Gasteiger partial charge in [0.25, 0.3) is 5.91 Å². The first-order valence-corrected chi connectivity index (χ1v) is 6.91. The maximum absolute atomic E-state index is 12.0. The largest absolute Gasteiger partial charge is 0.504 e. The number of hydrazone groups is 1. The van der Waals surface area contributed by atoms with E-state index in [4.69, 9.17) is 9.47 Å². The molecule has 0 aliphatic heterocycles. The van der Waals surface area contributed by atoms with Crippen LogP contribution in [0, 0.1) is 0 Å². The van der Waals surface area contributed by atoms with Crippen LogP contribution in [0.15, 0.2) is 47.6 Å². The van der Waals surface area contributed by atoms with Gasteiger partial charge in [0.15, 0.2) is 11.5 Å². The molecule has 0 radical (unpaired) electrons. The highest BCUT2D eigenvalue weighted by molar-refractivity contribution is 6.01. The Hall–Kier alpha value is -3.02. The number of nitrogens with zero attached hydrogens (tertiary/aromatic N) is 1. The molecule has 0 heterocycles. The lowest BCUT2D eigenvalue weighted by Gasteiger charge is -2.07. The average molecular weight is 314 g/mol. The molecule has 0 fully saturated rings. The maximum atomic E-state index is 12.0. The molecule has 1 amide bonds. The van der Waals surface area contributed by atoms with Gasteiger partial charge in [0.05, 0.1) is 19.9 Å². The summed E-state index contributed by atoms with van der Waals surface area (Å²) < 4.78 is 10.1. The van der Waals surface area contributed by atoms with Gasteiger partial charge in [-0.25, -0.2) is 5.43 Å². The lowest BCUT2D eigenvalue weighted by molar-refractivity contribution is 0.0955. The summed E-state index contributed by atoms with van der Waals surface area (Å²) in [4.78, 5) is 12.0. The highest BCUT2D eigenvalue weighted by Gasteiger charge is 2.07. The van der Waals surface area contributed by atoms with E-state index in [0.717, 1.165) is 5.56 Å². The third kappa shape index (κ3) is 4.00. The van der Waals surface area contributed by atoms with E-state index in [1.807, 2.05) is 0 Å². The number of ether oxygens (including phenoxy) is 2. The molecule has 0 spiro atoms. The quantitative estimate of drug-likeness (QED) is 0.656. The van der Waals surface area contributed by atoms with Crippen LogP contribution in [0.3, 0.4) is 0 Å². The fraction of sp³-hybridized carbons (Fsp3) is 0.176. The van der Waals surface area contributed by atoms with Gasteiger partial charge in [-0.1, -0.05) is 0 Å². The molecule has 0 aliphatic rings. The van der Waals surface area contributed by atoms with Gasteiger partial charge in [0.2, 0.25) is 0 Å². The van der Waals surface area contributed by atoms with Gasteiger partial charge in [0.1, 0.15) is 5.75 Å². The fourth-order valence-electron chi connectivity index (χ4n) is 1.91. The number of phenolic OH excluding ortho intramolecular Hbond substituents is 1. The number of carbonyl (C=O) groups excluding carboxylic acids is 1. The van der Waals surface area contributed by atoms with Crippen LogP contribution in [0.4, 0.5) is 0 Å². The van der Waals surface area contributed by atoms with Crippen LogP contribution in [0.1, 0.15) is 22.8 Å². The molecular formula is C17H18N2O4. The molecule has 6 heteroatoms. The van der Waals surface area contributed by atoms with E-state index in [0.29, 0.717) is 22.8 Å². The summed E-state index contributed by atoms with van der Waals surface area (Å²) in [6, 6.07) is 11.6. The molecule has 0 saturated carbocycles. The number of phenols is 1. The molecule has 2 aromatic rings. The van der Waals surface area contributed by atoms with Crippen molar-refractivity contribution in [2.45, 2.75) is 6.92 Å². The third-order valence-corrected chi connectivity index (χ3v) is 3.27. The van der Waals surface area contributed by atoms with Crippen LogP contribution in [-0.4, -0.2) is 30.9 Å². The second kappa shape index (κ2) is 7.31. The Morgan fingerprint density at radius 2 is 1.70 bits per heavy atom. The van der Waals surface area contributed by atoms with Gasteiger partial charge in [-0.15, -0.1) is 0 Å². The summed E-state index contributed by atoms with van der Waals surface area (Å²) in [5.41, 5.74) is 4.29. The minimum atomic E-state index is -0.322. The number of benzene rings is 2. The molecule has 6 nitrogen and oxygen atoms in total. The molecule has 23 heavy (non-hydrogen) atoms. The van der Waals surface area contributed by atoms with Gasteiger partial charge in [-0.3, -0.25) is 4.79 Å². The number of aromatic hydroxyl groups is 1. The highest BCUT2D eigenvalue weighted by atomic mass is 16.5. The number of nitrogens with one attached hydrogen (secondary N) is 1. The number of hydrogen-bond acceptors (Lipinski definition) is 5. The van der Waals surface area contributed by atoms with Crippen LogP contribution < -0.4 is 14.9 Å². The van der Waals surface area contributed by atoms with Gasteiger partial charge in [-0.05, 0) is 49.4 Å². The first-order valence-electron chi connectivity index (χ1n) is 6.91. The molecule has 0 aromatic heterocycles. The molecule has 120 valence electrons. The zero-order valence-corrected chi connectivity index (χ0v) is 13.2. The van der Waals surface area contributed by atoms with E-state index >= 15 is 0 Å². The monoisotopic (exact) mass is 314 g/mol. The van der Waals surface area contributed by atoms with Crippen molar-refractivity contribution >= 4 is 11.6 Å².